The first-order valence-corrected chi connectivity index (χ1v) is 16.1. The van der Waals surface area contributed by atoms with Gasteiger partial charge in [0.05, 0.1) is 14.0 Å². The topological polar surface area (TPSA) is 26.3 Å². The Kier molecular flexibility index (Phi) is 7.01. The lowest BCUT2D eigenvalue weighted by Crippen LogP contribution is -2.52. The van der Waals surface area contributed by atoms with Gasteiger partial charge in [-0.25, -0.2) is 0 Å². The second-order valence-corrected chi connectivity index (χ2v) is 17.7. The van der Waals surface area contributed by atoms with Crippen LogP contribution >= 0.6 is 0 Å². The Bertz CT molecular complexity index is 749. The SMILES string of the molecule is C=CC[C@H](C(=O)O[Si](C)(C)C)[C@H](c1ccccc1)[Si](C)(C)c1ccccc1. The van der Waals surface area contributed by atoms with Crippen molar-refractivity contribution in [1.82, 2.24) is 0 Å². The third-order valence-electron chi connectivity index (χ3n) is 4.99. The van der Waals surface area contributed by atoms with E-state index in [1.807, 2.05) is 18.2 Å². The standard InChI is InChI=1S/C23H32O2Si2/c1-7-14-21(23(24)25-26(2,3)4)22(19-15-10-8-11-16-19)27(5,6)20-17-12-9-13-18-20/h7-13,15-18,21-22H,1,14H2,2-6H3/t21-,22-/m0/s1. The van der Waals surface area contributed by atoms with Crippen LogP contribution in [0.15, 0.2) is 73.3 Å². The highest BCUT2D eigenvalue weighted by molar-refractivity contribution is 6.91. The first-order valence-electron chi connectivity index (χ1n) is 9.61. The third-order valence-corrected chi connectivity index (χ3v) is 9.91. The van der Waals surface area contributed by atoms with Gasteiger partial charge in [0.15, 0.2) is 0 Å². The molecule has 0 unspecified atom stereocenters. The van der Waals surface area contributed by atoms with Crippen LogP contribution in [0.25, 0.3) is 0 Å². The average molecular weight is 397 g/mol. The van der Waals surface area contributed by atoms with Gasteiger partial charge >= 0.3 is 0 Å². The number of hydrogen-bond donors (Lipinski definition) is 0. The van der Waals surface area contributed by atoms with E-state index in [0.717, 1.165) is 0 Å². The van der Waals surface area contributed by atoms with Crippen LogP contribution in [0.1, 0.15) is 17.5 Å². The fourth-order valence-electron chi connectivity index (χ4n) is 3.78. The highest BCUT2D eigenvalue weighted by atomic mass is 28.4. The highest BCUT2D eigenvalue weighted by Gasteiger charge is 2.43. The van der Waals surface area contributed by atoms with Gasteiger partial charge in [-0.05, 0) is 37.2 Å². The van der Waals surface area contributed by atoms with Crippen molar-refractivity contribution in [2.45, 2.75) is 44.7 Å². The van der Waals surface area contributed by atoms with Crippen LogP contribution in [0.3, 0.4) is 0 Å². The van der Waals surface area contributed by atoms with Crippen molar-refractivity contribution in [3.8, 4) is 0 Å². The van der Waals surface area contributed by atoms with Crippen molar-refractivity contribution in [2.24, 2.45) is 5.92 Å². The predicted octanol–water partition coefficient (Wildman–Crippen LogP) is 5.50. The molecule has 4 heteroatoms. The molecular weight excluding hydrogens is 364 g/mol. The summed E-state index contributed by atoms with van der Waals surface area (Å²) in [4.78, 5) is 13.2. The second-order valence-electron chi connectivity index (χ2n) is 8.64. The summed E-state index contributed by atoms with van der Waals surface area (Å²) in [5.41, 5.74) is 1.35. The van der Waals surface area contributed by atoms with Crippen LogP contribution in [-0.2, 0) is 9.22 Å². The second kappa shape index (κ2) is 8.85. The zero-order valence-electron chi connectivity index (χ0n) is 17.2. The molecule has 2 aromatic carbocycles. The number of hydrogen-bond acceptors (Lipinski definition) is 2. The number of carbonyl (C=O) groups excluding carboxylic acids is 1. The summed E-state index contributed by atoms with van der Waals surface area (Å²) >= 11 is 0. The van der Waals surface area contributed by atoms with E-state index in [0.29, 0.717) is 6.42 Å². The van der Waals surface area contributed by atoms with Gasteiger partial charge in [0.1, 0.15) is 0 Å². The molecule has 2 aromatic rings. The number of carbonyl (C=O) groups is 1. The highest BCUT2D eigenvalue weighted by Crippen LogP contribution is 2.37. The number of rotatable bonds is 8. The van der Waals surface area contributed by atoms with Gasteiger partial charge in [0.2, 0.25) is 8.32 Å². The van der Waals surface area contributed by atoms with E-state index >= 15 is 0 Å². The quantitative estimate of drug-likeness (QED) is 0.435. The molecule has 0 aliphatic carbocycles. The molecule has 0 N–H and O–H groups in total. The Morgan fingerprint density at radius 1 is 0.963 bits per heavy atom. The number of allylic oxidation sites excluding steroid dienone is 1. The molecule has 0 aliphatic heterocycles. The maximum atomic E-state index is 13.2. The van der Waals surface area contributed by atoms with Crippen LogP contribution in [0.5, 0.6) is 0 Å². The molecule has 2 nitrogen and oxygen atoms in total. The van der Waals surface area contributed by atoms with Gasteiger partial charge < -0.3 is 4.43 Å². The molecular formula is C23H32O2Si2. The molecule has 0 saturated heterocycles. The van der Waals surface area contributed by atoms with Crippen molar-refractivity contribution in [3.05, 3.63) is 78.9 Å². The lowest BCUT2D eigenvalue weighted by Gasteiger charge is -2.38. The third kappa shape index (κ3) is 5.53. The molecule has 0 heterocycles. The van der Waals surface area contributed by atoms with E-state index in [2.05, 4.69) is 87.8 Å². The molecule has 0 radical (unpaired) electrons. The van der Waals surface area contributed by atoms with E-state index in [-0.39, 0.29) is 17.4 Å². The van der Waals surface area contributed by atoms with Crippen molar-refractivity contribution in [1.29, 1.82) is 0 Å². The summed E-state index contributed by atoms with van der Waals surface area (Å²) in [5.74, 6) is -0.280. The van der Waals surface area contributed by atoms with Crippen LogP contribution in [0.4, 0.5) is 0 Å². The Balaban J connectivity index is 2.56. The zero-order valence-corrected chi connectivity index (χ0v) is 19.2. The molecule has 0 bridgehead atoms. The molecule has 0 aliphatic rings. The summed E-state index contributed by atoms with van der Waals surface area (Å²) in [6, 6.07) is 21.1. The molecule has 144 valence electrons. The van der Waals surface area contributed by atoms with E-state index in [9.17, 15) is 4.79 Å². The summed E-state index contributed by atoms with van der Waals surface area (Å²) in [7, 11) is -3.99. The zero-order chi connectivity index (χ0) is 20.1. The fourth-order valence-corrected chi connectivity index (χ4v) is 8.25. The minimum Gasteiger partial charge on any atom is -0.520 e. The van der Waals surface area contributed by atoms with Crippen molar-refractivity contribution >= 4 is 27.5 Å². The average Bonchev–Trinajstić information content (AvgIpc) is 2.61. The summed E-state index contributed by atoms with van der Waals surface area (Å²) < 4.78 is 5.96. The molecule has 2 atom stereocenters. The van der Waals surface area contributed by atoms with Crippen LogP contribution in [0, 0.1) is 5.92 Å². The Morgan fingerprint density at radius 2 is 1.48 bits per heavy atom. The van der Waals surface area contributed by atoms with Crippen LogP contribution in [-0.4, -0.2) is 22.4 Å². The lowest BCUT2D eigenvalue weighted by molar-refractivity contribution is -0.139. The molecule has 0 spiro atoms. The number of benzene rings is 2. The van der Waals surface area contributed by atoms with Gasteiger partial charge in [0.25, 0.3) is 5.97 Å². The van der Waals surface area contributed by atoms with Gasteiger partial charge in [-0.2, -0.15) is 0 Å². The van der Waals surface area contributed by atoms with Gasteiger partial charge in [0, 0.05) is 0 Å². The molecule has 0 amide bonds. The maximum absolute atomic E-state index is 13.2. The first-order chi connectivity index (χ1) is 12.7. The first kappa shape index (κ1) is 21.4. The monoisotopic (exact) mass is 396 g/mol. The van der Waals surface area contributed by atoms with Gasteiger partial charge in [-0.15, -0.1) is 6.58 Å². The summed E-state index contributed by atoms with van der Waals surface area (Å²) in [6.45, 7) is 14.8. The normalized spacial score (nSPS) is 14.3. The van der Waals surface area contributed by atoms with Crippen molar-refractivity contribution in [2.75, 3.05) is 0 Å². The largest absolute Gasteiger partial charge is 0.520 e. The van der Waals surface area contributed by atoms with E-state index in [1.54, 1.807) is 0 Å². The smallest absolute Gasteiger partial charge is 0.296 e. The van der Waals surface area contributed by atoms with E-state index < -0.39 is 16.4 Å². The lowest BCUT2D eigenvalue weighted by atomic mass is 9.95. The van der Waals surface area contributed by atoms with E-state index in [4.69, 9.17) is 4.43 Å². The molecule has 0 aromatic heterocycles. The molecule has 2 rings (SSSR count). The minimum atomic E-state index is -2.02. The van der Waals surface area contributed by atoms with Crippen molar-refractivity contribution in [3.63, 3.8) is 0 Å². The Morgan fingerprint density at radius 3 is 1.96 bits per heavy atom. The van der Waals surface area contributed by atoms with Gasteiger partial charge in [-0.1, -0.05) is 85.0 Å². The van der Waals surface area contributed by atoms with Crippen LogP contribution < -0.4 is 5.19 Å². The predicted molar refractivity (Wildman–Crippen MR) is 120 cm³/mol. The minimum absolute atomic E-state index is 0.0700. The van der Waals surface area contributed by atoms with Crippen LogP contribution in [0.2, 0.25) is 32.7 Å². The summed E-state index contributed by atoms with van der Waals surface area (Å²) in [5, 5.41) is 1.36. The van der Waals surface area contributed by atoms with Gasteiger partial charge in [-0.3, -0.25) is 4.79 Å². The Labute approximate surface area is 166 Å². The fraction of sp³-hybridized carbons (Fsp3) is 0.348. The maximum Gasteiger partial charge on any atom is 0.296 e. The molecule has 0 saturated carbocycles. The van der Waals surface area contributed by atoms with E-state index in [1.165, 1.54) is 10.8 Å². The molecule has 0 fully saturated rings. The molecule has 27 heavy (non-hydrogen) atoms. The van der Waals surface area contributed by atoms with Crippen molar-refractivity contribution < 1.29 is 9.22 Å². The Hall–Kier alpha value is -1.92. The summed E-state index contributed by atoms with van der Waals surface area (Å²) in [6.07, 6.45) is 2.49.